The molecule has 0 saturated carbocycles. The predicted molar refractivity (Wildman–Crippen MR) is 100 cm³/mol. The molecule has 2 aromatic rings. The summed E-state index contributed by atoms with van der Waals surface area (Å²) in [5, 5.41) is 6.74. The zero-order valence-electron chi connectivity index (χ0n) is 15.0. The third-order valence-corrected chi connectivity index (χ3v) is 4.36. The lowest BCUT2D eigenvalue weighted by atomic mass is 10.1. The maximum absolute atomic E-state index is 5.57. The minimum Gasteiger partial charge on any atom is -0.444 e. The van der Waals surface area contributed by atoms with Gasteiger partial charge in [-0.1, -0.05) is 18.2 Å². The lowest BCUT2D eigenvalue weighted by Gasteiger charge is -2.15. The number of aromatic nitrogens is 1. The van der Waals surface area contributed by atoms with Gasteiger partial charge in [0.15, 0.2) is 5.96 Å². The standard InChI is InChI=1S/C19H27N5O/c1-3-20-19(21-11-15-9-10-24(2)13-15)22-12-17-14-25-18(23-17)16-7-5-4-6-8-16/h4-8,14-15H,3,9-13H2,1-2H3,(H2,20,21,22). The van der Waals surface area contributed by atoms with Gasteiger partial charge in [0.05, 0.1) is 6.54 Å². The van der Waals surface area contributed by atoms with Crippen LogP contribution in [0.5, 0.6) is 0 Å². The molecule has 1 saturated heterocycles. The fourth-order valence-electron chi connectivity index (χ4n) is 3.03. The van der Waals surface area contributed by atoms with Crippen LogP contribution in [0.4, 0.5) is 0 Å². The Balaban J connectivity index is 1.57. The van der Waals surface area contributed by atoms with Crippen molar-refractivity contribution in [2.45, 2.75) is 19.9 Å². The quantitative estimate of drug-likeness (QED) is 0.624. The maximum atomic E-state index is 5.57. The van der Waals surface area contributed by atoms with E-state index in [0.717, 1.165) is 36.9 Å². The number of hydrogen-bond donors (Lipinski definition) is 2. The van der Waals surface area contributed by atoms with Crippen LogP contribution < -0.4 is 10.6 Å². The van der Waals surface area contributed by atoms with E-state index in [-0.39, 0.29) is 0 Å². The number of nitrogens with zero attached hydrogens (tertiary/aromatic N) is 3. The molecule has 0 spiro atoms. The Labute approximate surface area is 149 Å². The zero-order valence-corrected chi connectivity index (χ0v) is 15.0. The van der Waals surface area contributed by atoms with Crippen LogP contribution in [0.1, 0.15) is 19.0 Å². The first-order chi connectivity index (χ1) is 12.2. The van der Waals surface area contributed by atoms with Gasteiger partial charge in [-0.2, -0.15) is 0 Å². The summed E-state index contributed by atoms with van der Waals surface area (Å²) in [4.78, 5) is 11.5. The Kier molecular flexibility index (Phi) is 6.06. The highest BCUT2D eigenvalue weighted by Crippen LogP contribution is 2.18. The van der Waals surface area contributed by atoms with Gasteiger partial charge in [-0.05, 0) is 45.0 Å². The number of nitrogens with one attached hydrogen (secondary N) is 2. The van der Waals surface area contributed by atoms with Crippen molar-refractivity contribution in [3.63, 3.8) is 0 Å². The van der Waals surface area contributed by atoms with Gasteiger partial charge in [0, 0.05) is 25.2 Å². The Bertz CT molecular complexity index is 682. The average Bonchev–Trinajstić information content (AvgIpc) is 3.27. The highest BCUT2D eigenvalue weighted by Gasteiger charge is 2.19. The summed E-state index contributed by atoms with van der Waals surface area (Å²) in [6.07, 6.45) is 2.92. The minimum atomic E-state index is 0.496. The van der Waals surface area contributed by atoms with Gasteiger partial charge in [-0.25, -0.2) is 9.98 Å². The zero-order chi connectivity index (χ0) is 17.5. The van der Waals surface area contributed by atoms with Crippen LogP contribution in [-0.2, 0) is 6.54 Å². The number of rotatable bonds is 6. The molecule has 0 radical (unpaired) electrons. The monoisotopic (exact) mass is 341 g/mol. The van der Waals surface area contributed by atoms with E-state index in [1.54, 1.807) is 6.26 Å². The molecule has 6 heteroatoms. The topological polar surface area (TPSA) is 65.7 Å². The number of hydrogen-bond acceptors (Lipinski definition) is 4. The molecule has 0 bridgehead atoms. The van der Waals surface area contributed by atoms with Crippen LogP contribution in [-0.4, -0.2) is 49.1 Å². The molecule has 2 N–H and O–H groups in total. The molecule has 1 fully saturated rings. The average molecular weight is 341 g/mol. The molecule has 134 valence electrons. The van der Waals surface area contributed by atoms with Gasteiger partial charge in [-0.15, -0.1) is 0 Å². The summed E-state index contributed by atoms with van der Waals surface area (Å²) < 4.78 is 5.57. The van der Waals surface area contributed by atoms with Crippen molar-refractivity contribution < 1.29 is 4.42 Å². The van der Waals surface area contributed by atoms with Gasteiger partial charge >= 0.3 is 0 Å². The van der Waals surface area contributed by atoms with Crippen LogP contribution >= 0.6 is 0 Å². The Morgan fingerprint density at radius 1 is 1.32 bits per heavy atom. The van der Waals surface area contributed by atoms with Crippen molar-refractivity contribution in [2.24, 2.45) is 10.9 Å². The number of guanidine groups is 1. The SMILES string of the molecule is CCNC(=NCc1coc(-c2ccccc2)n1)NCC1CCN(C)C1. The van der Waals surface area contributed by atoms with Crippen molar-refractivity contribution >= 4 is 5.96 Å². The molecule has 6 nitrogen and oxygen atoms in total. The normalized spacial score (nSPS) is 18.5. The first-order valence-corrected chi connectivity index (χ1v) is 8.95. The van der Waals surface area contributed by atoms with Crippen molar-refractivity contribution in [1.29, 1.82) is 0 Å². The molecule has 1 atom stereocenters. The molecule has 0 amide bonds. The van der Waals surface area contributed by atoms with E-state index in [1.165, 1.54) is 13.0 Å². The molecule has 0 aliphatic carbocycles. The van der Waals surface area contributed by atoms with E-state index in [0.29, 0.717) is 18.4 Å². The second-order valence-corrected chi connectivity index (χ2v) is 6.50. The van der Waals surface area contributed by atoms with Crippen molar-refractivity contribution in [2.75, 3.05) is 33.2 Å². The Morgan fingerprint density at radius 3 is 2.88 bits per heavy atom. The fraction of sp³-hybridized carbons (Fsp3) is 0.474. The molecular formula is C19H27N5O. The summed E-state index contributed by atoms with van der Waals surface area (Å²) in [7, 11) is 2.17. The molecule has 2 heterocycles. The number of likely N-dealkylation sites (tertiary alicyclic amines) is 1. The highest BCUT2D eigenvalue weighted by atomic mass is 16.3. The number of aliphatic imine (C=N–C) groups is 1. The van der Waals surface area contributed by atoms with E-state index < -0.39 is 0 Å². The predicted octanol–water partition coefficient (Wildman–Crippen LogP) is 2.35. The minimum absolute atomic E-state index is 0.496. The first kappa shape index (κ1) is 17.5. The molecule has 1 unspecified atom stereocenters. The van der Waals surface area contributed by atoms with E-state index >= 15 is 0 Å². The van der Waals surface area contributed by atoms with Crippen LogP contribution in [0.3, 0.4) is 0 Å². The Hall–Kier alpha value is -2.34. The van der Waals surface area contributed by atoms with E-state index in [1.807, 2.05) is 30.3 Å². The summed E-state index contributed by atoms with van der Waals surface area (Å²) in [6.45, 7) is 6.69. The van der Waals surface area contributed by atoms with Crippen LogP contribution in [0.15, 0.2) is 46.0 Å². The van der Waals surface area contributed by atoms with Crippen molar-refractivity contribution in [3.05, 3.63) is 42.3 Å². The summed E-state index contributed by atoms with van der Waals surface area (Å²) in [6, 6.07) is 9.91. The molecule has 1 aliphatic heterocycles. The second-order valence-electron chi connectivity index (χ2n) is 6.50. The van der Waals surface area contributed by atoms with Crippen LogP contribution in [0, 0.1) is 5.92 Å². The van der Waals surface area contributed by atoms with Gasteiger partial charge in [0.25, 0.3) is 0 Å². The van der Waals surface area contributed by atoms with Gasteiger partial charge in [0.1, 0.15) is 12.0 Å². The molecular weight excluding hydrogens is 314 g/mol. The lowest BCUT2D eigenvalue weighted by Crippen LogP contribution is -2.40. The Morgan fingerprint density at radius 2 is 2.16 bits per heavy atom. The largest absolute Gasteiger partial charge is 0.444 e. The molecule has 1 aromatic heterocycles. The maximum Gasteiger partial charge on any atom is 0.226 e. The van der Waals surface area contributed by atoms with E-state index in [4.69, 9.17) is 4.42 Å². The molecule has 1 aromatic carbocycles. The van der Waals surface area contributed by atoms with Crippen LogP contribution in [0.25, 0.3) is 11.5 Å². The summed E-state index contributed by atoms with van der Waals surface area (Å²) in [5.74, 6) is 2.16. The van der Waals surface area contributed by atoms with E-state index in [2.05, 4.69) is 39.5 Å². The number of oxazole rings is 1. The first-order valence-electron chi connectivity index (χ1n) is 8.95. The van der Waals surface area contributed by atoms with Gasteiger partial charge in [-0.3, -0.25) is 0 Å². The molecule has 1 aliphatic rings. The third-order valence-electron chi connectivity index (χ3n) is 4.36. The van der Waals surface area contributed by atoms with Crippen LogP contribution in [0.2, 0.25) is 0 Å². The molecule has 3 rings (SSSR count). The summed E-state index contributed by atoms with van der Waals surface area (Å²) in [5.41, 5.74) is 1.81. The highest BCUT2D eigenvalue weighted by molar-refractivity contribution is 5.79. The molecule has 25 heavy (non-hydrogen) atoms. The smallest absolute Gasteiger partial charge is 0.226 e. The summed E-state index contributed by atoms with van der Waals surface area (Å²) >= 11 is 0. The van der Waals surface area contributed by atoms with E-state index in [9.17, 15) is 0 Å². The second kappa shape index (κ2) is 8.67. The number of benzene rings is 1. The van der Waals surface area contributed by atoms with Gasteiger partial charge < -0.3 is 20.0 Å². The third kappa shape index (κ3) is 5.06. The van der Waals surface area contributed by atoms with Gasteiger partial charge in [0.2, 0.25) is 5.89 Å². The fourth-order valence-corrected chi connectivity index (χ4v) is 3.03. The van der Waals surface area contributed by atoms with Crippen molar-refractivity contribution in [3.8, 4) is 11.5 Å². The lowest BCUT2D eigenvalue weighted by molar-refractivity contribution is 0.394. The van der Waals surface area contributed by atoms with Crippen molar-refractivity contribution in [1.82, 2.24) is 20.5 Å².